The molecule has 0 bridgehead atoms. The molecule has 0 aliphatic heterocycles. The van der Waals surface area contributed by atoms with Gasteiger partial charge in [0.1, 0.15) is 16.5 Å². The summed E-state index contributed by atoms with van der Waals surface area (Å²) in [7, 11) is -4.17. The maximum absolute atomic E-state index is 13.0. The first-order valence-corrected chi connectivity index (χ1v) is 11.5. The van der Waals surface area contributed by atoms with E-state index in [0.717, 1.165) is 36.4 Å². The fourth-order valence-corrected chi connectivity index (χ4v) is 4.04. The van der Waals surface area contributed by atoms with Gasteiger partial charge in [0.05, 0.1) is 5.56 Å². The van der Waals surface area contributed by atoms with Gasteiger partial charge in [-0.25, -0.2) is 4.39 Å². The summed E-state index contributed by atoms with van der Waals surface area (Å²) in [4.78, 5) is 14.1. The van der Waals surface area contributed by atoms with Gasteiger partial charge in [0, 0.05) is 18.2 Å². The summed E-state index contributed by atoms with van der Waals surface area (Å²) >= 11 is 0. The summed E-state index contributed by atoms with van der Waals surface area (Å²) < 4.78 is 81.8. The number of alkyl halides is 3. The molecule has 3 aromatic carbocycles. The van der Waals surface area contributed by atoms with Crippen molar-refractivity contribution >= 4 is 16.0 Å². The van der Waals surface area contributed by atoms with Crippen LogP contribution in [0.2, 0.25) is 0 Å². The molecule has 0 heterocycles. The Labute approximate surface area is 194 Å². The molecular weight excluding hydrogens is 474 g/mol. The number of rotatable bonds is 7. The molecule has 5 nitrogen and oxygen atoms in total. The predicted molar refractivity (Wildman–Crippen MR) is 117 cm³/mol. The zero-order chi connectivity index (χ0) is 25.1. The molecule has 3 aromatic rings. The normalized spacial score (nSPS) is 12.0. The maximum atomic E-state index is 13.0. The molecule has 0 saturated heterocycles. The second-order valence-electron chi connectivity index (χ2n) is 7.74. The minimum Gasteiger partial charge on any atom is -0.379 e. The molecule has 0 aromatic heterocycles. The van der Waals surface area contributed by atoms with Crippen LogP contribution in [0.15, 0.2) is 77.7 Å². The molecule has 0 aliphatic rings. The Kier molecular flexibility index (Phi) is 7.30. The molecule has 1 amide bonds. The molecule has 180 valence electrons. The van der Waals surface area contributed by atoms with E-state index in [1.54, 1.807) is 26.0 Å². The van der Waals surface area contributed by atoms with Crippen LogP contribution in [-0.4, -0.2) is 25.3 Å². The SMILES string of the molecule is CC(C)N(Cc1ccc(OS(=O)(=O)c2ccc(F)cc2)cc1)C(=O)c1cccc(C(F)(F)F)c1. The highest BCUT2D eigenvalue weighted by Gasteiger charge is 2.31. The van der Waals surface area contributed by atoms with Crippen LogP contribution in [0.1, 0.15) is 35.3 Å². The Balaban J connectivity index is 1.76. The van der Waals surface area contributed by atoms with E-state index in [0.29, 0.717) is 5.56 Å². The maximum Gasteiger partial charge on any atom is 0.416 e. The monoisotopic (exact) mass is 495 g/mol. The third kappa shape index (κ3) is 6.13. The van der Waals surface area contributed by atoms with Gasteiger partial charge >= 0.3 is 16.3 Å². The standard InChI is InChI=1S/C24H21F4NO4S/c1-16(2)29(23(30)18-4-3-5-19(14-18)24(26,27)28)15-17-6-10-21(11-7-17)33-34(31,32)22-12-8-20(25)9-13-22/h3-14,16H,15H2,1-2H3. The number of amides is 1. The smallest absolute Gasteiger partial charge is 0.379 e. The van der Waals surface area contributed by atoms with Crippen molar-refractivity contribution in [3.05, 3.63) is 95.3 Å². The van der Waals surface area contributed by atoms with E-state index in [4.69, 9.17) is 4.18 Å². The third-order valence-corrected chi connectivity index (χ3v) is 6.17. The Hall–Kier alpha value is -3.40. The van der Waals surface area contributed by atoms with Crippen molar-refractivity contribution < 1.29 is 35.0 Å². The van der Waals surface area contributed by atoms with Gasteiger partial charge in [-0.15, -0.1) is 0 Å². The van der Waals surface area contributed by atoms with E-state index < -0.39 is 33.6 Å². The van der Waals surface area contributed by atoms with Gasteiger partial charge in [0.15, 0.2) is 0 Å². The molecule has 0 aliphatic carbocycles. The van der Waals surface area contributed by atoms with Crippen molar-refractivity contribution in [1.29, 1.82) is 0 Å². The fourth-order valence-electron chi connectivity index (χ4n) is 3.11. The lowest BCUT2D eigenvalue weighted by Gasteiger charge is -2.27. The topological polar surface area (TPSA) is 63.7 Å². The van der Waals surface area contributed by atoms with E-state index >= 15 is 0 Å². The fraction of sp³-hybridized carbons (Fsp3) is 0.208. The Morgan fingerprint density at radius 3 is 2.15 bits per heavy atom. The predicted octanol–water partition coefficient (Wildman–Crippen LogP) is 5.66. The van der Waals surface area contributed by atoms with Crippen LogP contribution in [0.3, 0.4) is 0 Å². The second-order valence-corrected chi connectivity index (χ2v) is 9.29. The molecule has 0 unspecified atom stereocenters. The highest BCUT2D eigenvalue weighted by Crippen LogP contribution is 2.30. The van der Waals surface area contributed by atoms with Crippen LogP contribution in [0.25, 0.3) is 0 Å². The molecule has 0 saturated carbocycles. The first-order chi connectivity index (χ1) is 15.9. The largest absolute Gasteiger partial charge is 0.416 e. The number of hydrogen-bond donors (Lipinski definition) is 0. The number of nitrogens with zero attached hydrogens (tertiary/aromatic N) is 1. The Morgan fingerprint density at radius 2 is 1.59 bits per heavy atom. The first kappa shape index (κ1) is 25.2. The lowest BCUT2D eigenvalue weighted by molar-refractivity contribution is -0.137. The zero-order valence-corrected chi connectivity index (χ0v) is 19.0. The molecule has 0 N–H and O–H groups in total. The summed E-state index contributed by atoms with van der Waals surface area (Å²) in [5, 5.41) is 0. The zero-order valence-electron chi connectivity index (χ0n) is 18.2. The summed E-state index contributed by atoms with van der Waals surface area (Å²) in [5.74, 6) is -1.15. The lowest BCUT2D eigenvalue weighted by Crippen LogP contribution is -2.36. The Morgan fingerprint density at radius 1 is 0.971 bits per heavy atom. The average Bonchev–Trinajstić information content (AvgIpc) is 2.77. The molecule has 3 rings (SSSR count). The van der Waals surface area contributed by atoms with Crippen LogP contribution < -0.4 is 4.18 Å². The van der Waals surface area contributed by atoms with Crippen LogP contribution in [-0.2, 0) is 22.8 Å². The van der Waals surface area contributed by atoms with Gasteiger partial charge in [-0.2, -0.15) is 21.6 Å². The first-order valence-electron chi connectivity index (χ1n) is 10.1. The van der Waals surface area contributed by atoms with Crippen molar-refractivity contribution in [2.24, 2.45) is 0 Å². The van der Waals surface area contributed by atoms with Crippen molar-refractivity contribution in [3.8, 4) is 5.75 Å². The van der Waals surface area contributed by atoms with Gasteiger partial charge in [-0.1, -0.05) is 18.2 Å². The minimum atomic E-state index is -4.57. The van der Waals surface area contributed by atoms with Crippen molar-refractivity contribution in [2.45, 2.75) is 37.5 Å². The third-order valence-electron chi connectivity index (χ3n) is 4.91. The molecule has 0 atom stereocenters. The summed E-state index contributed by atoms with van der Waals surface area (Å²) in [6, 6.07) is 13.9. The summed E-state index contributed by atoms with van der Waals surface area (Å²) in [6.45, 7) is 3.55. The molecule has 0 spiro atoms. The van der Waals surface area contributed by atoms with Gasteiger partial charge in [0.2, 0.25) is 0 Å². The highest BCUT2D eigenvalue weighted by molar-refractivity contribution is 7.87. The van der Waals surface area contributed by atoms with Crippen LogP contribution in [0.4, 0.5) is 17.6 Å². The van der Waals surface area contributed by atoms with E-state index in [1.807, 2.05) is 0 Å². The molecule has 34 heavy (non-hydrogen) atoms. The quantitative estimate of drug-likeness (QED) is 0.313. The molecule has 10 heteroatoms. The number of carbonyl (C=O) groups is 1. The van der Waals surface area contributed by atoms with Crippen LogP contribution in [0.5, 0.6) is 5.75 Å². The second kappa shape index (κ2) is 9.84. The number of halogens is 4. The van der Waals surface area contributed by atoms with Crippen molar-refractivity contribution in [3.63, 3.8) is 0 Å². The molecule has 0 fully saturated rings. The van der Waals surface area contributed by atoms with E-state index in [1.165, 1.54) is 29.2 Å². The van der Waals surface area contributed by atoms with E-state index in [-0.39, 0.29) is 28.8 Å². The van der Waals surface area contributed by atoms with Crippen molar-refractivity contribution in [2.75, 3.05) is 0 Å². The average molecular weight is 495 g/mol. The van der Waals surface area contributed by atoms with E-state index in [2.05, 4.69) is 0 Å². The number of hydrogen-bond acceptors (Lipinski definition) is 4. The highest BCUT2D eigenvalue weighted by atomic mass is 32.2. The number of benzene rings is 3. The Bertz CT molecular complexity index is 1260. The minimum absolute atomic E-state index is 0.00776. The molecular formula is C24H21F4NO4S. The summed E-state index contributed by atoms with van der Waals surface area (Å²) in [6.07, 6.45) is -4.57. The molecule has 0 radical (unpaired) electrons. The van der Waals surface area contributed by atoms with Crippen LogP contribution >= 0.6 is 0 Å². The van der Waals surface area contributed by atoms with E-state index in [9.17, 15) is 30.8 Å². The van der Waals surface area contributed by atoms with Crippen molar-refractivity contribution in [1.82, 2.24) is 4.90 Å². The van der Waals surface area contributed by atoms with Gasteiger partial charge < -0.3 is 9.08 Å². The lowest BCUT2D eigenvalue weighted by atomic mass is 10.1. The van der Waals surface area contributed by atoms with Crippen LogP contribution in [0, 0.1) is 5.82 Å². The summed E-state index contributed by atoms with van der Waals surface area (Å²) in [5.41, 5.74) is -0.389. The van der Waals surface area contributed by atoms with Gasteiger partial charge in [-0.05, 0) is 74.0 Å². The van der Waals surface area contributed by atoms with Gasteiger partial charge in [0.25, 0.3) is 5.91 Å². The number of carbonyl (C=O) groups excluding carboxylic acids is 1. The van der Waals surface area contributed by atoms with Gasteiger partial charge in [-0.3, -0.25) is 4.79 Å².